The van der Waals surface area contributed by atoms with Gasteiger partial charge in [-0.2, -0.15) is 0 Å². The first-order chi connectivity index (χ1) is 12.9. The van der Waals surface area contributed by atoms with E-state index in [1.165, 1.54) is 44.1 Å². The number of hydrogen-bond donors (Lipinski definition) is 3. The number of aliphatic carboxylic acids is 2. The zero-order valence-corrected chi connectivity index (χ0v) is 16.3. The lowest BCUT2D eigenvalue weighted by Gasteiger charge is -2.35. The highest BCUT2D eigenvalue weighted by atomic mass is 16.4. The van der Waals surface area contributed by atoms with Crippen LogP contribution in [0.3, 0.4) is 0 Å². The molecule has 0 aliphatic heterocycles. The smallest absolute Gasteiger partial charge is 0.328 e. The second-order valence-electron chi connectivity index (χ2n) is 7.01. The Kier molecular flexibility index (Phi) is 11.1. The number of nitrogens with one attached hydrogen (secondary N) is 1. The molecule has 0 heterocycles. The fourth-order valence-electron chi connectivity index (χ4n) is 3.31. The van der Waals surface area contributed by atoms with Crippen molar-refractivity contribution in [3.05, 3.63) is 48.0 Å². The van der Waals surface area contributed by atoms with Crippen LogP contribution in [0, 0.1) is 0 Å². The molecule has 3 N–H and O–H groups in total. The first kappa shape index (κ1) is 22.9. The molecule has 2 atom stereocenters. The number of rotatable bonds is 6. The third-order valence-corrected chi connectivity index (χ3v) is 4.67. The normalized spacial score (nSPS) is 20.4. The Bertz CT molecular complexity index is 571. The Labute approximate surface area is 161 Å². The molecule has 0 saturated heterocycles. The van der Waals surface area contributed by atoms with Crippen molar-refractivity contribution in [2.45, 2.75) is 57.2 Å². The van der Waals surface area contributed by atoms with Gasteiger partial charge in [-0.25, -0.2) is 9.59 Å². The van der Waals surface area contributed by atoms with Gasteiger partial charge in [0.2, 0.25) is 0 Å². The number of carboxylic acids is 2. The van der Waals surface area contributed by atoms with E-state index in [2.05, 4.69) is 54.6 Å². The highest BCUT2D eigenvalue weighted by Gasteiger charge is 2.23. The summed E-state index contributed by atoms with van der Waals surface area (Å²) in [6.07, 6.45) is 9.34. The van der Waals surface area contributed by atoms with Crippen LogP contribution in [-0.4, -0.2) is 53.2 Å². The first-order valence-corrected chi connectivity index (χ1v) is 9.48. The zero-order chi connectivity index (χ0) is 20.1. The minimum Gasteiger partial charge on any atom is -0.478 e. The predicted molar refractivity (Wildman–Crippen MR) is 107 cm³/mol. The van der Waals surface area contributed by atoms with E-state index in [4.69, 9.17) is 10.2 Å². The molecule has 150 valence electrons. The molecule has 0 aromatic heterocycles. The lowest BCUT2D eigenvalue weighted by Crippen LogP contribution is -2.47. The SMILES string of the molecule is CN(C)[C@@H]1CCCCCC[C@H]1NCc1ccccc1.O=C(O)C=CC(=O)O. The van der Waals surface area contributed by atoms with Crippen molar-refractivity contribution < 1.29 is 19.8 Å². The van der Waals surface area contributed by atoms with Crippen molar-refractivity contribution in [1.82, 2.24) is 10.2 Å². The van der Waals surface area contributed by atoms with Crippen LogP contribution in [0.25, 0.3) is 0 Å². The van der Waals surface area contributed by atoms with Crippen LogP contribution in [-0.2, 0) is 16.1 Å². The van der Waals surface area contributed by atoms with Gasteiger partial charge in [0.25, 0.3) is 0 Å². The van der Waals surface area contributed by atoms with Crippen LogP contribution in [0.2, 0.25) is 0 Å². The summed E-state index contributed by atoms with van der Waals surface area (Å²) in [6, 6.07) is 12.1. The molecule has 0 spiro atoms. The van der Waals surface area contributed by atoms with Crippen molar-refractivity contribution in [1.29, 1.82) is 0 Å². The molecule has 1 aromatic carbocycles. The molecule has 2 rings (SSSR count). The van der Waals surface area contributed by atoms with Crippen molar-refractivity contribution in [2.24, 2.45) is 0 Å². The van der Waals surface area contributed by atoms with Crippen LogP contribution in [0.15, 0.2) is 42.5 Å². The molecule has 6 heteroatoms. The predicted octanol–water partition coefficient (Wildman–Crippen LogP) is 3.14. The van der Waals surface area contributed by atoms with Gasteiger partial charge in [-0.3, -0.25) is 0 Å². The topological polar surface area (TPSA) is 89.9 Å². The average molecular weight is 376 g/mol. The summed E-state index contributed by atoms with van der Waals surface area (Å²) in [5.41, 5.74) is 1.39. The second kappa shape index (κ2) is 13.1. The molecule has 6 nitrogen and oxygen atoms in total. The van der Waals surface area contributed by atoms with Gasteiger partial charge >= 0.3 is 11.9 Å². The maximum atomic E-state index is 9.55. The Morgan fingerprint density at radius 1 is 1.00 bits per heavy atom. The lowest BCUT2D eigenvalue weighted by molar-refractivity contribution is -0.134. The van der Waals surface area contributed by atoms with Crippen LogP contribution in [0.4, 0.5) is 0 Å². The number of carbonyl (C=O) groups is 2. The minimum absolute atomic E-state index is 0.558. The van der Waals surface area contributed by atoms with Gasteiger partial charge in [-0.05, 0) is 32.5 Å². The van der Waals surface area contributed by atoms with Crippen LogP contribution in [0.1, 0.15) is 44.1 Å². The van der Waals surface area contributed by atoms with Gasteiger partial charge in [-0.1, -0.05) is 56.0 Å². The molecule has 27 heavy (non-hydrogen) atoms. The Balaban J connectivity index is 0.000000387. The minimum atomic E-state index is -1.26. The molecule has 0 unspecified atom stereocenters. The summed E-state index contributed by atoms with van der Waals surface area (Å²) in [7, 11) is 4.45. The lowest BCUT2D eigenvalue weighted by atomic mass is 9.91. The number of hydrogen-bond acceptors (Lipinski definition) is 4. The van der Waals surface area contributed by atoms with E-state index in [0.29, 0.717) is 24.2 Å². The van der Waals surface area contributed by atoms with E-state index in [-0.39, 0.29) is 0 Å². The second-order valence-corrected chi connectivity index (χ2v) is 7.01. The molecule has 1 aliphatic rings. The highest BCUT2D eigenvalue weighted by Crippen LogP contribution is 2.21. The Morgan fingerprint density at radius 3 is 2.07 bits per heavy atom. The van der Waals surface area contributed by atoms with E-state index in [9.17, 15) is 9.59 Å². The van der Waals surface area contributed by atoms with Crippen molar-refractivity contribution >= 4 is 11.9 Å². The van der Waals surface area contributed by atoms with Gasteiger partial charge < -0.3 is 20.4 Å². The van der Waals surface area contributed by atoms with Gasteiger partial charge in [-0.15, -0.1) is 0 Å². The van der Waals surface area contributed by atoms with Gasteiger partial charge in [0.05, 0.1) is 0 Å². The Hall–Kier alpha value is -2.18. The van der Waals surface area contributed by atoms with Crippen LogP contribution in [0.5, 0.6) is 0 Å². The van der Waals surface area contributed by atoms with E-state index in [1.54, 1.807) is 0 Å². The molecular weight excluding hydrogens is 344 g/mol. The summed E-state index contributed by atoms with van der Waals surface area (Å²) in [6.45, 7) is 0.996. The van der Waals surface area contributed by atoms with Crippen LogP contribution >= 0.6 is 0 Å². The molecule has 0 bridgehead atoms. The van der Waals surface area contributed by atoms with E-state index >= 15 is 0 Å². The summed E-state index contributed by atoms with van der Waals surface area (Å²) in [4.78, 5) is 21.5. The molecule has 1 aliphatic carbocycles. The van der Waals surface area contributed by atoms with Crippen molar-refractivity contribution in [3.63, 3.8) is 0 Å². The molecule has 0 radical (unpaired) electrons. The quantitative estimate of drug-likeness (QED) is 0.661. The summed E-state index contributed by atoms with van der Waals surface area (Å²) in [5, 5.41) is 19.4. The summed E-state index contributed by atoms with van der Waals surface area (Å²) < 4.78 is 0. The monoisotopic (exact) mass is 376 g/mol. The molecular formula is C21H32N2O4. The van der Waals surface area contributed by atoms with Crippen molar-refractivity contribution in [3.8, 4) is 0 Å². The maximum Gasteiger partial charge on any atom is 0.328 e. The molecule has 1 saturated carbocycles. The number of benzene rings is 1. The van der Waals surface area contributed by atoms with E-state index in [1.807, 2.05) is 0 Å². The molecule has 1 aromatic rings. The molecule has 0 amide bonds. The standard InChI is InChI=1S/C17H28N2.C4H4O4/c1-19(2)17-13-9-4-3-8-12-16(17)18-14-15-10-6-5-7-11-15;5-3(6)1-2-4(7)8/h5-7,10-11,16-18H,3-4,8-9,12-14H2,1-2H3;1-2H,(H,5,6)(H,7,8)/t16-,17-;/m1./s1. The van der Waals surface area contributed by atoms with E-state index < -0.39 is 11.9 Å². The summed E-state index contributed by atoms with van der Waals surface area (Å²) in [5.74, 6) is -2.51. The largest absolute Gasteiger partial charge is 0.478 e. The van der Waals surface area contributed by atoms with Crippen molar-refractivity contribution in [2.75, 3.05) is 14.1 Å². The average Bonchev–Trinajstić information content (AvgIpc) is 2.60. The van der Waals surface area contributed by atoms with Crippen LogP contribution < -0.4 is 5.32 Å². The fraction of sp³-hybridized carbons (Fsp3) is 0.524. The Morgan fingerprint density at radius 2 is 1.56 bits per heavy atom. The van der Waals surface area contributed by atoms with E-state index in [0.717, 1.165) is 6.54 Å². The number of nitrogens with zero attached hydrogens (tertiary/aromatic N) is 1. The fourth-order valence-corrected chi connectivity index (χ4v) is 3.31. The maximum absolute atomic E-state index is 9.55. The zero-order valence-electron chi connectivity index (χ0n) is 16.3. The highest BCUT2D eigenvalue weighted by molar-refractivity contribution is 5.89. The first-order valence-electron chi connectivity index (χ1n) is 9.48. The van der Waals surface area contributed by atoms with Gasteiger partial charge in [0, 0.05) is 30.8 Å². The third-order valence-electron chi connectivity index (χ3n) is 4.67. The van der Waals surface area contributed by atoms with Gasteiger partial charge in [0.1, 0.15) is 0 Å². The number of likely N-dealkylation sites (N-methyl/N-ethyl adjacent to an activating group) is 1. The van der Waals surface area contributed by atoms with Gasteiger partial charge in [0.15, 0.2) is 0 Å². The summed E-state index contributed by atoms with van der Waals surface area (Å²) >= 11 is 0. The molecule has 1 fully saturated rings. The third kappa shape index (κ3) is 10.5. The number of carboxylic acid groups (broad SMARTS) is 2.